The summed E-state index contributed by atoms with van der Waals surface area (Å²) in [7, 11) is 1.91. The fraction of sp³-hybridized carbons (Fsp3) is 0.200. The Hall–Kier alpha value is -2.20. The fourth-order valence-electron chi connectivity index (χ4n) is 2.01. The van der Waals surface area contributed by atoms with Gasteiger partial charge in [0.25, 0.3) is 0 Å². The zero-order valence-electron chi connectivity index (χ0n) is 10.7. The number of fused-ring (bicyclic) bond motifs is 1. The summed E-state index contributed by atoms with van der Waals surface area (Å²) in [6.45, 7) is 1.04. The van der Waals surface area contributed by atoms with Crippen LogP contribution in [0.1, 0.15) is 5.56 Å². The van der Waals surface area contributed by atoms with Crippen molar-refractivity contribution in [1.29, 1.82) is 0 Å². The minimum Gasteiger partial charge on any atom is -0.457 e. The van der Waals surface area contributed by atoms with E-state index in [1.54, 1.807) is 0 Å². The van der Waals surface area contributed by atoms with E-state index < -0.39 is 0 Å². The highest BCUT2D eigenvalue weighted by Crippen LogP contribution is 2.37. The van der Waals surface area contributed by atoms with Gasteiger partial charge in [-0.1, -0.05) is 18.2 Å². The second kappa shape index (κ2) is 5.20. The van der Waals surface area contributed by atoms with Crippen molar-refractivity contribution < 1.29 is 14.2 Å². The normalized spacial score (nSPS) is 12.5. The van der Waals surface area contributed by atoms with Gasteiger partial charge < -0.3 is 19.5 Å². The number of hydrogen-bond acceptors (Lipinski definition) is 4. The maximum atomic E-state index is 5.91. The van der Waals surface area contributed by atoms with Gasteiger partial charge in [-0.05, 0) is 25.2 Å². The monoisotopic (exact) mass is 257 g/mol. The molecule has 0 unspecified atom stereocenters. The zero-order chi connectivity index (χ0) is 13.1. The first-order chi connectivity index (χ1) is 9.36. The number of para-hydroxylation sites is 1. The largest absolute Gasteiger partial charge is 0.457 e. The van der Waals surface area contributed by atoms with Crippen LogP contribution in [0, 0.1) is 0 Å². The molecule has 0 spiro atoms. The Morgan fingerprint density at radius 3 is 2.84 bits per heavy atom. The van der Waals surface area contributed by atoms with Gasteiger partial charge in [0.1, 0.15) is 11.5 Å². The summed E-state index contributed by atoms with van der Waals surface area (Å²) in [5.41, 5.74) is 1.11. The fourth-order valence-corrected chi connectivity index (χ4v) is 2.01. The minimum absolute atomic E-state index is 0.273. The van der Waals surface area contributed by atoms with E-state index in [-0.39, 0.29) is 6.79 Å². The molecule has 0 saturated carbocycles. The molecule has 3 rings (SSSR count). The Balaban J connectivity index is 1.85. The number of benzene rings is 2. The van der Waals surface area contributed by atoms with Crippen LogP contribution in [0.5, 0.6) is 23.0 Å². The van der Waals surface area contributed by atoms with E-state index in [1.165, 1.54) is 0 Å². The maximum Gasteiger partial charge on any atom is 0.231 e. The van der Waals surface area contributed by atoms with Crippen molar-refractivity contribution in [3.05, 3.63) is 48.0 Å². The van der Waals surface area contributed by atoms with Crippen LogP contribution < -0.4 is 19.5 Å². The van der Waals surface area contributed by atoms with Crippen molar-refractivity contribution in [2.24, 2.45) is 0 Å². The average molecular weight is 257 g/mol. The molecular formula is C15H15NO3. The van der Waals surface area contributed by atoms with Gasteiger partial charge in [-0.3, -0.25) is 0 Å². The molecular weight excluding hydrogens is 242 g/mol. The molecule has 1 aliphatic heterocycles. The Kier molecular flexibility index (Phi) is 3.25. The summed E-state index contributed by atoms with van der Waals surface area (Å²) < 4.78 is 16.5. The Bertz CT molecular complexity index is 583. The first-order valence-electron chi connectivity index (χ1n) is 6.17. The molecule has 1 N–H and O–H groups in total. The molecule has 0 aromatic heterocycles. The topological polar surface area (TPSA) is 39.7 Å². The number of nitrogens with one attached hydrogen (secondary N) is 1. The molecule has 0 aliphatic carbocycles. The molecule has 0 fully saturated rings. The van der Waals surface area contributed by atoms with Crippen LogP contribution in [0.15, 0.2) is 42.5 Å². The van der Waals surface area contributed by atoms with E-state index in [0.717, 1.165) is 35.1 Å². The molecule has 4 nitrogen and oxygen atoms in total. The molecule has 19 heavy (non-hydrogen) atoms. The van der Waals surface area contributed by atoms with Crippen LogP contribution in [0.25, 0.3) is 0 Å². The summed E-state index contributed by atoms with van der Waals surface area (Å²) in [6.07, 6.45) is 0. The highest BCUT2D eigenvalue weighted by Gasteiger charge is 2.14. The predicted octanol–water partition coefficient (Wildman–Crippen LogP) is 2.93. The molecule has 1 aliphatic rings. The quantitative estimate of drug-likeness (QED) is 0.914. The van der Waals surface area contributed by atoms with Crippen LogP contribution >= 0.6 is 0 Å². The second-order valence-corrected chi connectivity index (χ2v) is 4.26. The highest BCUT2D eigenvalue weighted by molar-refractivity contribution is 5.48. The summed E-state index contributed by atoms with van der Waals surface area (Å²) in [5.74, 6) is 3.07. The third kappa shape index (κ3) is 2.48. The lowest BCUT2D eigenvalue weighted by atomic mass is 10.2. The minimum atomic E-state index is 0.273. The van der Waals surface area contributed by atoms with Crippen molar-refractivity contribution in [3.8, 4) is 23.0 Å². The molecule has 2 aromatic carbocycles. The molecule has 2 aromatic rings. The Labute approximate surface area is 111 Å². The molecule has 98 valence electrons. The van der Waals surface area contributed by atoms with Gasteiger partial charge in [-0.2, -0.15) is 0 Å². The van der Waals surface area contributed by atoms with Crippen molar-refractivity contribution in [2.75, 3.05) is 13.8 Å². The molecule has 4 heteroatoms. The van der Waals surface area contributed by atoms with E-state index in [2.05, 4.69) is 5.32 Å². The van der Waals surface area contributed by atoms with Gasteiger partial charge in [0, 0.05) is 18.2 Å². The number of ether oxygens (including phenoxy) is 3. The van der Waals surface area contributed by atoms with Gasteiger partial charge in [0.05, 0.1) is 0 Å². The van der Waals surface area contributed by atoms with E-state index in [9.17, 15) is 0 Å². The lowest BCUT2D eigenvalue weighted by Crippen LogP contribution is -2.06. The van der Waals surface area contributed by atoms with Gasteiger partial charge in [0.15, 0.2) is 11.5 Å². The molecule has 0 saturated heterocycles. The molecule has 0 radical (unpaired) electrons. The van der Waals surface area contributed by atoms with Gasteiger partial charge in [0.2, 0.25) is 6.79 Å². The van der Waals surface area contributed by atoms with Crippen molar-refractivity contribution >= 4 is 0 Å². The third-order valence-corrected chi connectivity index (χ3v) is 2.91. The van der Waals surface area contributed by atoms with Crippen LogP contribution in [-0.2, 0) is 6.54 Å². The van der Waals surface area contributed by atoms with Crippen LogP contribution in [-0.4, -0.2) is 13.8 Å². The summed E-state index contributed by atoms with van der Waals surface area (Å²) in [4.78, 5) is 0. The average Bonchev–Trinajstić information content (AvgIpc) is 2.89. The lowest BCUT2D eigenvalue weighted by Gasteiger charge is -2.11. The Morgan fingerprint density at radius 1 is 1.11 bits per heavy atom. The second-order valence-electron chi connectivity index (χ2n) is 4.26. The number of hydrogen-bond donors (Lipinski definition) is 1. The van der Waals surface area contributed by atoms with Crippen molar-refractivity contribution in [2.45, 2.75) is 6.54 Å². The summed E-state index contributed by atoms with van der Waals surface area (Å²) in [5, 5.41) is 3.13. The molecule has 0 amide bonds. The third-order valence-electron chi connectivity index (χ3n) is 2.91. The van der Waals surface area contributed by atoms with Crippen molar-refractivity contribution in [1.82, 2.24) is 5.32 Å². The SMILES string of the molecule is CNCc1ccccc1Oc1ccc2c(c1)OCO2. The first kappa shape index (κ1) is 11.9. The summed E-state index contributed by atoms with van der Waals surface area (Å²) >= 11 is 0. The molecule has 0 atom stereocenters. The van der Waals surface area contributed by atoms with Gasteiger partial charge >= 0.3 is 0 Å². The standard InChI is InChI=1S/C15H15NO3/c1-16-9-11-4-2-3-5-13(11)19-12-6-7-14-15(8-12)18-10-17-14/h2-8,16H,9-10H2,1H3. The van der Waals surface area contributed by atoms with E-state index in [4.69, 9.17) is 14.2 Å². The van der Waals surface area contributed by atoms with Gasteiger partial charge in [-0.25, -0.2) is 0 Å². The van der Waals surface area contributed by atoms with E-state index >= 15 is 0 Å². The van der Waals surface area contributed by atoms with Gasteiger partial charge in [-0.15, -0.1) is 0 Å². The van der Waals surface area contributed by atoms with E-state index in [0.29, 0.717) is 0 Å². The Morgan fingerprint density at radius 2 is 1.95 bits per heavy atom. The van der Waals surface area contributed by atoms with Crippen LogP contribution in [0.4, 0.5) is 0 Å². The maximum absolute atomic E-state index is 5.91. The van der Waals surface area contributed by atoms with E-state index in [1.807, 2.05) is 49.5 Å². The molecule has 0 bridgehead atoms. The van der Waals surface area contributed by atoms with Crippen LogP contribution in [0.2, 0.25) is 0 Å². The van der Waals surface area contributed by atoms with Crippen molar-refractivity contribution in [3.63, 3.8) is 0 Å². The summed E-state index contributed by atoms with van der Waals surface area (Å²) in [6, 6.07) is 13.5. The van der Waals surface area contributed by atoms with Crippen LogP contribution in [0.3, 0.4) is 0 Å². The molecule has 1 heterocycles. The highest BCUT2D eigenvalue weighted by atomic mass is 16.7. The smallest absolute Gasteiger partial charge is 0.231 e. The lowest BCUT2D eigenvalue weighted by molar-refractivity contribution is 0.174. The number of rotatable bonds is 4. The predicted molar refractivity (Wildman–Crippen MR) is 71.8 cm³/mol. The zero-order valence-corrected chi connectivity index (χ0v) is 10.7. The first-order valence-corrected chi connectivity index (χ1v) is 6.17.